The molecule has 0 amide bonds. The molecule has 7 heteroatoms. The quantitative estimate of drug-likeness (QED) is 0.526. The zero-order valence-corrected chi connectivity index (χ0v) is 18.1. The summed E-state index contributed by atoms with van der Waals surface area (Å²) >= 11 is 0. The molecule has 0 aliphatic carbocycles. The van der Waals surface area contributed by atoms with Crippen molar-refractivity contribution in [3.8, 4) is 0 Å². The zero-order valence-electron chi connectivity index (χ0n) is 18.1. The smallest absolute Gasteiger partial charge is 0.228 e. The van der Waals surface area contributed by atoms with Crippen LogP contribution in [0.4, 0.5) is 0 Å². The lowest BCUT2D eigenvalue weighted by atomic mass is 10.2. The van der Waals surface area contributed by atoms with E-state index in [9.17, 15) is 0 Å². The minimum Gasteiger partial charge on any atom is -0.357 e. The number of aromatic nitrogens is 2. The van der Waals surface area contributed by atoms with E-state index in [-0.39, 0.29) is 5.92 Å². The van der Waals surface area contributed by atoms with E-state index in [1.54, 1.807) is 0 Å². The molecule has 0 spiro atoms. The number of aliphatic imine (C=N–C) groups is 1. The molecule has 1 aromatic heterocycles. The summed E-state index contributed by atoms with van der Waals surface area (Å²) in [6.45, 7) is 12.0. The molecule has 0 bridgehead atoms. The fraction of sp³-hybridized carbons (Fsp3) is 0.591. The molecule has 158 valence electrons. The number of likely N-dealkylation sites (tertiary alicyclic amines) is 1. The van der Waals surface area contributed by atoms with Crippen molar-refractivity contribution in [2.24, 2.45) is 4.99 Å². The van der Waals surface area contributed by atoms with Gasteiger partial charge in [-0.25, -0.2) is 0 Å². The Hall–Kier alpha value is -2.41. The Balaban J connectivity index is 1.52. The normalized spacial score (nSPS) is 20.4. The third-order valence-corrected chi connectivity index (χ3v) is 5.21. The Labute approximate surface area is 174 Å². The minimum atomic E-state index is 0.276. The van der Waals surface area contributed by atoms with E-state index in [4.69, 9.17) is 9.52 Å². The first-order chi connectivity index (χ1) is 14.0. The van der Waals surface area contributed by atoms with Crippen LogP contribution >= 0.6 is 0 Å². The van der Waals surface area contributed by atoms with E-state index in [0.717, 1.165) is 37.8 Å². The van der Waals surface area contributed by atoms with Crippen LogP contribution < -0.4 is 10.6 Å². The molecule has 3 rings (SSSR count). The van der Waals surface area contributed by atoms with E-state index >= 15 is 0 Å². The predicted octanol–water partition coefficient (Wildman–Crippen LogP) is 2.95. The van der Waals surface area contributed by atoms with Crippen molar-refractivity contribution in [2.75, 3.05) is 19.6 Å². The third-order valence-electron chi connectivity index (χ3n) is 5.21. The van der Waals surface area contributed by atoms with Crippen molar-refractivity contribution in [1.82, 2.24) is 25.7 Å². The maximum absolute atomic E-state index is 5.31. The molecule has 2 aromatic rings. The summed E-state index contributed by atoms with van der Waals surface area (Å²) in [7, 11) is 0. The molecule has 2 heterocycles. The van der Waals surface area contributed by atoms with Crippen LogP contribution in [0.3, 0.4) is 0 Å². The van der Waals surface area contributed by atoms with Gasteiger partial charge in [0.25, 0.3) is 0 Å². The second-order valence-electron chi connectivity index (χ2n) is 8.05. The molecule has 1 aliphatic rings. The van der Waals surface area contributed by atoms with Gasteiger partial charge in [0.15, 0.2) is 11.8 Å². The molecule has 2 atom stereocenters. The van der Waals surface area contributed by atoms with Crippen LogP contribution in [-0.4, -0.2) is 52.7 Å². The van der Waals surface area contributed by atoms with E-state index in [0.29, 0.717) is 30.9 Å². The number of nitrogens with one attached hydrogen (secondary N) is 2. The maximum atomic E-state index is 5.31. The Morgan fingerprint density at radius 2 is 2.10 bits per heavy atom. The molecular weight excluding hydrogens is 364 g/mol. The molecule has 1 saturated heterocycles. The van der Waals surface area contributed by atoms with Crippen molar-refractivity contribution >= 4 is 5.96 Å². The molecule has 0 saturated carbocycles. The van der Waals surface area contributed by atoms with Gasteiger partial charge in [0, 0.05) is 44.1 Å². The molecule has 7 nitrogen and oxygen atoms in total. The first-order valence-electron chi connectivity index (χ1n) is 10.7. The summed E-state index contributed by atoms with van der Waals surface area (Å²) in [4.78, 5) is 11.7. The van der Waals surface area contributed by atoms with Crippen LogP contribution in [0.2, 0.25) is 0 Å². The highest BCUT2D eigenvalue weighted by atomic mass is 16.5. The molecule has 2 unspecified atom stereocenters. The van der Waals surface area contributed by atoms with E-state index in [2.05, 4.69) is 83.7 Å². The van der Waals surface area contributed by atoms with Crippen molar-refractivity contribution in [2.45, 2.75) is 65.1 Å². The summed E-state index contributed by atoms with van der Waals surface area (Å²) in [5, 5.41) is 11.0. The topological polar surface area (TPSA) is 78.6 Å². The number of guanidine groups is 1. The molecular formula is C22H34N6O. The monoisotopic (exact) mass is 398 g/mol. The highest BCUT2D eigenvalue weighted by Gasteiger charge is 2.29. The summed E-state index contributed by atoms with van der Waals surface area (Å²) in [5.74, 6) is 2.54. The maximum Gasteiger partial charge on any atom is 0.228 e. The molecule has 0 radical (unpaired) electrons. The fourth-order valence-electron chi connectivity index (χ4n) is 3.62. The largest absolute Gasteiger partial charge is 0.357 e. The van der Waals surface area contributed by atoms with Crippen LogP contribution in [0.1, 0.15) is 57.3 Å². The summed E-state index contributed by atoms with van der Waals surface area (Å²) in [6, 6.07) is 11.6. The summed E-state index contributed by atoms with van der Waals surface area (Å²) in [6.07, 6.45) is 1.76. The van der Waals surface area contributed by atoms with E-state index in [1.165, 1.54) is 5.56 Å². The van der Waals surface area contributed by atoms with Gasteiger partial charge in [0.2, 0.25) is 5.89 Å². The van der Waals surface area contributed by atoms with Crippen LogP contribution in [0, 0.1) is 0 Å². The first-order valence-corrected chi connectivity index (χ1v) is 10.7. The van der Waals surface area contributed by atoms with Gasteiger partial charge in [-0.05, 0) is 25.8 Å². The number of rotatable bonds is 8. The van der Waals surface area contributed by atoms with Crippen LogP contribution in [0.5, 0.6) is 0 Å². The fourth-order valence-corrected chi connectivity index (χ4v) is 3.62. The Kier molecular flexibility index (Phi) is 7.63. The lowest BCUT2D eigenvalue weighted by Crippen LogP contribution is -2.44. The van der Waals surface area contributed by atoms with Crippen LogP contribution in [-0.2, 0) is 13.0 Å². The van der Waals surface area contributed by atoms with Crippen molar-refractivity contribution < 1.29 is 4.52 Å². The standard InChI is InChI=1S/C22H34N6O/c1-5-23-22(24-12-11-20-26-21(16(2)3)27-29-20)25-19-13-17(4)28(15-19)14-18-9-7-6-8-10-18/h6-10,16-17,19H,5,11-15H2,1-4H3,(H2,23,24,25). The average Bonchev–Trinajstić information content (AvgIpc) is 3.30. The van der Waals surface area contributed by atoms with Gasteiger partial charge in [0.05, 0.1) is 6.54 Å². The SMILES string of the molecule is CCNC(=NCCc1nc(C(C)C)no1)NC1CC(C)N(Cc2ccccc2)C1. The number of hydrogen-bond donors (Lipinski definition) is 2. The van der Waals surface area contributed by atoms with Gasteiger partial charge < -0.3 is 15.2 Å². The number of nitrogens with zero attached hydrogens (tertiary/aromatic N) is 4. The van der Waals surface area contributed by atoms with Gasteiger partial charge in [-0.2, -0.15) is 4.98 Å². The number of benzene rings is 1. The Morgan fingerprint density at radius 1 is 1.31 bits per heavy atom. The second-order valence-corrected chi connectivity index (χ2v) is 8.05. The third kappa shape index (κ3) is 6.29. The van der Waals surface area contributed by atoms with Gasteiger partial charge in [-0.3, -0.25) is 9.89 Å². The molecule has 1 aliphatic heterocycles. The first kappa shape index (κ1) is 21.3. The highest BCUT2D eigenvalue weighted by Crippen LogP contribution is 2.20. The summed E-state index contributed by atoms with van der Waals surface area (Å²) < 4.78 is 5.31. The second kappa shape index (κ2) is 10.4. The van der Waals surface area contributed by atoms with Gasteiger partial charge in [-0.1, -0.05) is 49.3 Å². The van der Waals surface area contributed by atoms with Gasteiger partial charge >= 0.3 is 0 Å². The zero-order chi connectivity index (χ0) is 20.6. The highest BCUT2D eigenvalue weighted by molar-refractivity contribution is 5.80. The van der Waals surface area contributed by atoms with Crippen molar-refractivity contribution in [3.63, 3.8) is 0 Å². The lowest BCUT2D eigenvalue weighted by molar-refractivity contribution is 0.258. The minimum absolute atomic E-state index is 0.276. The van der Waals surface area contributed by atoms with E-state index in [1.807, 2.05) is 0 Å². The van der Waals surface area contributed by atoms with Crippen molar-refractivity contribution in [1.29, 1.82) is 0 Å². The summed E-state index contributed by atoms with van der Waals surface area (Å²) in [5.41, 5.74) is 1.36. The molecule has 2 N–H and O–H groups in total. The Morgan fingerprint density at radius 3 is 2.79 bits per heavy atom. The lowest BCUT2D eigenvalue weighted by Gasteiger charge is -2.21. The van der Waals surface area contributed by atoms with Crippen molar-refractivity contribution in [3.05, 3.63) is 47.6 Å². The molecule has 1 aromatic carbocycles. The van der Waals surface area contributed by atoms with Gasteiger partial charge in [0.1, 0.15) is 0 Å². The Bertz CT molecular complexity index is 773. The van der Waals surface area contributed by atoms with Gasteiger partial charge in [-0.15, -0.1) is 0 Å². The molecule has 29 heavy (non-hydrogen) atoms. The van der Waals surface area contributed by atoms with Crippen LogP contribution in [0.15, 0.2) is 39.8 Å². The number of hydrogen-bond acceptors (Lipinski definition) is 5. The van der Waals surface area contributed by atoms with Crippen LogP contribution in [0.25, 0.3) is 0 Å². The van der Waals surface area contributed by atoms with E-state index < -0.39 is 0 Å². The molecule has 1 fully saturated rings. The predicted molar refractivity (Wildman–Crippen MR) is 116 cm³/mol. The average molecular weight is 399 g/mol.